The van der Waals surface area contributed by atoms with Gasteiger partial charge >= 0.3 is 0 Å². The lowest BCUT2D eigenvalue weighted by Gasteiger charge is -2.01. The van der Waals surface area contributed by atoms with Crippen molar-refractivity contribution >= 4 is 5.78 Å². The Kier molecular flexibility index (Phi) is 6.67. The van der Waals surface area contributed by atoms with E-state index >= 15 is 0 Å². The average molecular weight is 169 g/mol. The van der Waals surface area contributed by atoms with Crippen LogP contribution in [0.1, 0.15) is 33.1 Å². The first-order chi connectivity index (χ1) is 5.66. The number of Topliss-reactive ketones (excluding diaryl/α,β-unsaturated/α-hetero) is 1. The van der Waals surface area contributed by atoms with Gasteiger partial charge in [-0.1, -0.05) is 12.5 Å². The molecule has 0 aromatic carbocycles. The van der Waals surface area contributed by atoms with Gasteiger partial charge in [0.05, 0.1) is 0 Å². The minimum Gasteiger partial charge on any atom is -0.317 e. The predicted octanol–water partition coefficient (Wildman–Crippen LogP) is 1.91. The smallest absolute Gasteiger partial charge is 0.134 e. The van der Waals surface area contributed by atoms with Crippen molar-refractivity contribution in [3.8, 4) is 0 Å². The Morgan fingerprint density at radius 3 is 2.50 bits per heavy atom. The first-order valence-electron chi connectivity index (χ1n) is 4.53. The van der Waals surface area contributed by atoms with Gasteiger partial charge in [-0.2, -0.15) is 0 Å². The number of ketones is 1. The second-order valence-corrected chi connectivity index (χ2v) is 3.10. The molecule has 0 radical (unpaired) electrons. The third kappa shape index (κ3) is 7.48. The lowest BCUT2D eigenvalue weighted by molar-refractivity contribution is -0.118. The fourth-order valence-corrected chi connectivity index (χ4v) is 0.882. The molecule has 0 unspecified atom stereocenters. The molecule has 0 aliphatic heterocycles. The topological polar surface area (TPSA) is 29.1 Å². The van der Waals surface area contributed by atoms with Gasteiger partial charge in [0.2, 0.25) is 0 Å². The minimum atomic E-state index is 0.332. The third-order valence-corrected chi connectivity index (χ3v) is 1.66. The lowest BCUT2D eigenvalue weighted by atomic mass is 10.1. The molecule has 1 N–H and O–H groups in total. The van der Waals surface area contributed by atoms with Crippen molar-refractivity contribution in [1.29, 1.82) is 0 Å². The van der Waals surface area contributed by atoms with E-state index in [1.54, 1.807) is 0 Å². The summed E-state index contributed by atoms with van der Waals surface area (Å²) in [6.45, 7) is 9.50. The number of allylic oxidation sites excluding steroid dienone is 1. The lowest BCUT2D eigenvalue weighted by Crippen LogP contribution is -2.17. The second-order valence-electron chi connectivity index (χ2n) is 3.10. The predicted molar refractivity (Wildman–Crippen MR) is 52.2 cm³/mol. The highest BCUT2D eigenvalue weighted by atomic mass is 16.1. The Bertz CT molecular complexity index is 152. The molecule has 0 bridgehead atoms. The SMILES string of the molecule is C=C(C)CCC(=O)CCNCC. The zero-order chi connectivity index (χ0) is 9.40. The van der Waals surface area contributed by atoms with Crippen LogP contribution >= 0.6 is 0 Å². The summed E-state index contributed by atoms with van der Waals surface area (Å²) in [5.74, 6) is 0.332. The molecule has 0 saturated carbocycles. The zero-order valence-corrected chi connectivity index (χ0v) is 8.15. The number of carbonyl (C=O) groups is 1. The molecule has 0 rings (SSSR count). The van der Waals surface area contributed by atoms with Gasteiger partial charge in [0, 0.05) is 19.4 Å². The van der Waals surface area contributed by atoms with Crippen LogP contribution in [0.4, 0.5) is 0 Å². The number of hydrogen-bond acceptors (Lipinski definition) is 2. The summed E-state index contributed by atoms with van der Waals surface area (Å²) in [4.78, 5) is 11.1. The van der Waals surface area contributed by atoms with Crippen molar-refractivity contribution in [2.75, 3.05) is 13.1 Å². The highest BCUT2D eigenvalue weighted by Gasteiger charge is 2.00. The maximum Gasteiger partial charge on any atom is 0.134 e. The van der Waals surface area contributed by atoms with E-state index in [4.69, 9.17) is 0 Å². The first kappa shape index (κ1) is 11.4. The fourth-order valence-electron chi connectivity index (χ4n) is 0.882. The average Bonchev–Trinajstić information content (AvgIpc) is 2.01. The molecule has 0 saturated heterocycles. The van der Waals surface area contributed by atoms with Crippen molar-refractivity contribution in [1.82, 2.24) is 5.32 Å². The van der Waals surface area contributed by atoms with Crippen molar-refractivity contribution in [2.45, 2.75) is 33.1 Å². The van der Waals surface area contributed by atoms with Gasteiger partial charge in [0.25, 0.3) is 0 Å². The normalized spacial score (nSPS) is 9.83. The number of hydrogen-bond donors (Lipinski definition) is 1. The van der Waals surface area contributed by atoms with Crippen LogP contribution in [0.15, 0.2) is 12.2 Å². The van der Waals surface area contributed by atoms with Crippen LogP contribution in [0.3, 0.4) is 0 Å². The molecular weight excluding hydrogens is 150 g/mol. The molecule has 0 fully saturated rings. The van der Waals surface area contributed by atoms with Crippen LogP contribution < -0.4 is 5.32 Å². The van der Waals surface area contributed by atoms with Crippen LogP contribution in [0, 0.1) is 0 Å². The standard InChI is InChI=1S/C10H19NO/c1-4-11-8-7-10(12)6-5-9(2)3/h11H,2,4-8H2,1,3H3. The Labute approximate surface area is 75.0 Å². The first-order valence-corrected chi connectivity index (χ1v) is 4.53. The van der Waals surface area contributed by atoms with Gasteiger partial charge in [-0.25, -0.2) is 0 Å². The molecule has 0 aliphatic carbocycles. The van der Waals surface area contributed by atoms with Crippen molar-refractivity contribution < 1.29 is 4.79 Å². The van der Waals surface area contributed by atoms with Crippen molar-refractivity contribution in [3.63, 3.8) is 0 Å². The van der Waals surface area contributed by atoms with Gasteiger partial charge in [-0.15, -0.1) is 6.58 Å². The molecule has 0 spiro atoms. The van der Waals surface area contributed by atoms with Crippen molar-refractivity contribution in [3.05, 3.63) is 12.2 Å². The summed E-state index contributed by atoms with van der Waals surface area (Å²) in [7, 11) is 0. The summed E-state index contributed by atoms with van der Waals surface area (Å²) in [5.41, 5.74) is 1.09. The van der Waals surface area contributed by atoms with Crippen LogP contribution in [-0.4, -0.2) is 18.9 Å². The number of nitrogens with one attached hydrogen (secondary N) is 1. The van der Waals surface area contributed by atoms with Crippen LogP contribution in [0.2, 0.25) is 0 Å². The number of carbonyl (C=O) groups excluding carboxylic acids is 1. The van der Waals surface area contributed by atoms with Gasteiger partial charge < -0.3 is 5.32 Å². The van der Waals surface area contributed by atoms with Crippen LogP contribution in [0.5, 0.6) is 0 Å². The van der Waals surface area contributed by atoms with E-state index in [2.05, 4.69) is 11.9 Å². The zero-order valence-electron chi connectivity index (χ0n) is 8.15. The summed E-state index contributed by atoms with van der Waals surface area (Å²) < 4.78 is 0. The molecule has 0 atom stereocenters. The Hall–Kier alpha value is -0.630. The van der Waals surface area contributed by atoms with E-state index in [1.165, 1.54) is 0 Å². The van der Waals surface area contributed by atoms with Gasteiger partial charge in [-0.3, -0.25) is 4.79 Å². The molecule has 0 aromatic rings. The maximum absolute atomic E-state index is 11.1. The van der Waals surface area contributed by atoms with Crippen molar-refractivity contribution in [2.24, 2.45) is 0 Å². The molecule has 0 aliphatic rings. The molecule has 0 amide bonds. The Morgan fingerprint density at radius 2 is 2.00 bits per heavy atom. The molecule has 2 nitrogen and oxygen atoms in total. The summed E-state index contributed by atoms with van der Waals surface area (Å²) in [6.07, 6.45) is 2.15. The van der Waals surface area contributed by atoms with E-state index in [-0.39, 0.29) is 0 Å². The monoisotopic (exact) mass is 169 g/mol. The van der Waals surface area contributed by atoms with E-state index < -0.39 is 0 Å². The van der Waals surface area contributed by atoms with E-state index in [0.717, 1.165) is 25.1 Å². The van der Waals surface area contributed by atoms with Crippen LogP contribution in [-0.2, 0) is 4.79 Å². The highest BCUT2D eigenvalue weighted by molar-refractivity contribution is 5.78. The fraction of sp³-hybridized carbons (Fsp3) is 0.700. The molecule has 12 heavy (non-hydrogen) atoms. The number of rotatable bonds is 7. The molecule has 0 heterocycles. The largest absolute Gasteiger partial charge is 0.317 e. The highest BCUT2D eigenvalue weighted by Crippen LogP contribution is 2.02. The van der Waals surface area contributed by atoms with E-state index in [9.17, 15) is 4.79 Å². The van der Waals surface area contributed by atoms with Gasteiger partial charge in [-0.05, 0) is 19.9 Å². The summed E-state index contributed by atoms with van der Waals surface area (Å²) in [6, 6.07) is 0. The van der Waals surface area contributed by atoms with Crippen LogP contribution in [0.25, 0.3) is 0 Å². The van der Waals surface area contributed by atoms with Gasteiger partial charge in [0.1, 0.15) is 5.78 Å². The summed E-state index contributed by atoms with van der Waals surface area (Å²) >= 11 is 0. The maximum atomic E-state index is 11.1. The Morgan fingerprint density at radius 1 is 1.33 bits per heavy atom. The second kappa shape index (κ2) is 7.04. The molecular formula is C10H19NO. The molecule has 2 heteroatoms. The molecule has 0 aromatic heterocycles. The Balaban J connectivity index is 3.28. The third-order valence-electron chi connectivity index (χ3n) is 1.66. The quantitative estimate of drug-likeness (QED) is 0.466. The van der Waals surface area contributed by atoms with E-state index in [1.807, 2.05) is 13.8 Å². The van der Waals surface area contributed by atoms with Gasteiger partial charge in [0.15, 0.2) is 0 Å². The molecule has 70 valence electrons. The minimum absolute atomic E-state index is 0.332. The summed E-state index contributed by atoms with van der Waals surface area (Å²) in [5, 5.41) is 3.12. The van der Waals surface area contributed by atoms with E-state index in [0.29, 0.717) is 18.6 Å².